The third-order valence-electron chi connectivity index (χ3n) is 9.50. The Labute approximate surface area is 232 Å². The zero-order valence-corrected chi connectivity index (χ0v) is 22.7. The third kappa shape index (κ3) is 4.36. The van der Waals surface area contributed by atoms with Gasteiger partial charge in [0.2, 0.25) is 5.91 Å². The van der Waals surface area contributed by atoms with E-state index in [0.29, 0.717) is 68.1 Å². The number of benzene rings is 1. The first kappa shape index (κ1) is 25.4. The second-order valence-corrected chi connectivity index (χ2v) is 12.5. The van der Waals surface area contributed by atoms with Gasteiger partial charge < -0.3 is 19.8 Å². The molecule has 206 valence electrons. The molecule has 2 unspecified atom stereocenters. The lowest BCUT2D eigenvalue weighted by molar-refractivity contribution is -0.223. The molecule has 2 saturated heterocycles. The first-order valence-electron chi connectivity index (χ1n) is 14.3. The molecule has 7 rings (SSSR count). The fourth-order valence-electron chi connectivity index (χ4n) is 6.90. The van der Waals surface area contributed by atoms with Crippen molar-refractivity contribution in [3.63, 3.8) is 0 Å². The Balaban J connectivity index is 1.23. The maximum Gasteiger partial charge on any atom is 0.280 e. The number of hydrogen-bond donors (Lipinski definition) is 2. The molecule has 39 heavy (non-hydrogen) atoms. The van der Waals surface area contributed by atoms with E-state index in [9.17, 15) is 19.8 Å². The van der Waals surface area contributed by atoms with Crippen LogP contribution in [-0.4, -0.2) is 68.3 Å². The molecule has 2 atom stereocenters. The molecule has 1 amide bonds. The van der Waals surface area contributed by atoms with Crippen molar-refractivity contribution in [1.82, 2.24) is 14.7 Å². The molecule has 5 aliphatic rings. The number of carbonyl (C=O) groups is 2. The lowest BCUT2D eigenvalue weighted by Crippen LogP contribution is -2.70. The van der Waals surface area contributed by atoms with Crippen LogP contribution in [0.25, 0.3) is 5.57 Å². The van der Waals surface area contributed by atoms with Gasteiger partial charge in [0.25, 0.3) is 5.91 Å². The zero-order valence-electron chi connectivity index (χ0n) is 21.9. The molecule has 9 heteroatoms. The average molecular weight is 552 g/mol. The Kier molecular flexibility index (Phi) is 6.23. The number of ether oxygens (including phenoxy) is 1. The normalized spacial score (nSPS) is 25.6. The number of halogens is 1. The summed E-state index contributed by atoms with van der Waals surface area (Å²) in [6.45, 7) is 2.10. The van der Waals surface area contributed by atoms with Gasteiger partial charge in [0.1, 0.15) is 5.60 Å². The number of hydrogen-bond acceptors (Lipinski definition) is 6. The molecule has 3 aliphatic carbocycles. The van der Waals surface area contributed by atoms with Crippen molar-refractivity contribution in [2.75, 3.05) is 19.7 Å². The van der Waals surface area contributed by atoms with Gasteiger partial charge in [-0.1, -0.05) is 29.8 Å². The molecule has 8 nitrogen and oxygen atoms in total. The van der Waals surface area contributed by atoms with Gasteiger partial charge in [-0.15, -0.1) is 0 Å². The Bertz CT molecular complexity index is 1360. The summed E-state index contributed by atoms with van der Waals surface area (Å²) in [5, 5.41) is 24.6. The van der Waals surface area contributed by atoms with Crippen molar-refractivity contribution in [3.05, 3.63) is 57.4 Å². The maximum atomic E-state index is 14.2. The smallest absolute Gasteiger partial charge is 0.280 e. The highest BCUT2D eigenvalue weighted by atomic mass is 35.5. The lowest BCUT2D eigenvalue weighted by atomic mass is 9.80. The topological polar surface area (TPSA) is 105 Å². The minimum atomic E-state index is -1.34. The Morgan fingerprint density at radius 1 is 1.13 bits per heavy atom. The Hall–Kier alpha value is -2.52. The molecular formula is C30H34ClN3O5. The molecule has 1 saturated carbocycles. The number of nitrogens with zero attached hydrogens (tertiary/aromatic N) is 3. The number of amides is 1. The maximum absolute atomic E-state index is 14.2. The van der Waals surface area contributed by atoms with E-state index in [1.807, 2.05) is 23.1 Å². The van der Waals surface area contributed by atoms with Crippen LogP contribution in [0.15, 0.2) is 24.3 Å². The average Bonchev–Trinajstić information content (AvgIpc) is 3.66. The summed E-state index contributed by atoms with van der Waals surface area (Å²) in [5.41, 5.74) is 5.06. The Morgan fingerprint density at radius 3 is 2.56 bits per heavy atom. The summed E-state index contributed by atoms with van der Waals surface area (Å²) < 4.78 is 7.24. The molecule has 3 heterocycles. The number of aromatic nitrogens is 2. The SMILES string of the molecule is O=C(C1CCc2c(C3=CCC(C(O)O)CC3)nn(C(=O)c3c(Cl)cccc3C3CC3)c2C1)N1CC2(CCO2)C1. The molecule has 1 spiro atoms. The van der Waals surface area contributed by atoms with Gasteiger partial charge in [-0.2, -0.15) is 9.78 Å². The van der Waals surface area contributed by atoms with E-state index in [1.165, 1.54) is 4.68 Å². The minimum absolute atomic E-state index is 0.114. The van der Waals surface area contributed by atoms with Crippen LogP contribution in [0.1, 0.15) is 83.7 Å². The summed E-state index contributed by atoms with van der Waals surface area (Å²) >= 11 is 6.63. The Morgan fingerprint density at radius 2 is 1.92 bits per heavy atom. The van der Waals surface area contributed by atoms with Crippen LogP contribution in [0.4, 0.5) is 0 Å². The summed E-state index contributed by atoms with van der Waals surface area (Å²) in [7, 11) is 0. The first-order valence-corrected chi connectivity index (χ1v) is 14.6. The van der Waals surface area contributed by atoms with Crippen LogP contribution in [0, 0.1) is 11.8 Å². The quantitative estimate of drug-likeness (QED) is 0.549. The number of fused-ring (bicyclic) bond motifs is 1. The predicted molar refractivity (Wildman–Crippen MR) is 144 cm³/mol. The van der Waals surface area contributed by atoms with Crippen molar-refractivity contribution in [2.24, 2.45) is 11.8 Å². The van der Waals surface area contributed by atoms with Crippen molar-refractivity contribution in [3.8, 4) is 0 Å². The van der Waals surface area contributed by atoms with E-state index >= 15 is 0 Å². The zero-order chi connectivity index (χ0) is 26.9. The van der Waals surface area contributed by atoms with Gasteiger partial charge in [0.15, 0.2) is 6.29 Å². The third-order valence-corrected chi connectivity index (χ3v) is 9.82. The summed E-state index contributed by atoms with van der Waals surface area (Å²) in [5.74, 6) is -0.146. The van der Waals surface area contributed by atoms with E-state index in [2.05, 4.69) is 0 Å². The second-order valence-electron chi connectivity index (χ2n) is 12.1. The fourth-order valence-corrected chi connectivity index (χ4v) is 7.16. The number of aliphatic hydroxyl groups excluding tert-OH is 1. The van der Waals surface area contributed by atoms with E-state index < -0.39 is 6.29 Å². The van der Waals surface area contributed by atoms with Gasteiger partial charge >= 0.3 is 0 Å². The van der Waals surface area contributed by atoms with Gasteiger partial charge in [-0.25, -0.2) is 0 Å². The molecule has 3 fully saturated rings. The van der Waals surface area contributed by atoms with Gasteiger partial charge in [-0.3, -0.25) is 9.59 Å². The minimum Gasteiger partial charge on any atom is -0.371 e. The van der Waals surface area contributed by atoms with Gasteiger partial charge in [-0.05, 0) is 68.1 Å². The number of aliphatic hydroxyl groups is 2. The highest BCUT2D eigenvalue weighted by Crippen LogP contribution is 2.44. The van der Waals surface area contributed by atoms with Crippen molar-refractivity contribution >= 4 is 29.0 Å². The molecule has 0 radical (unpaired) electrons. The molecule has 1 aromatic carbocycles. The number of rotatable bonds is 5. The molecular weight excluding hydrogens is 518 g/mol. The van der Waals surface area contributed by atoms with Crippen LogP contribution >= 0.6 is 11.6 Å². The van der Waals surface area contributed by atoms with Gasteiger partial charge in [0, 0.05) is 30.2 Å². The molecule has 0 bridgehead atoms. The highest BCUT2D eigenvalue weighted by Gasteiger charge is 2.52. The summed E-state index contributed by atoms with van der Waals surface area (Å²) in [6, 6.07) is 5.65. The monoisotopic (exact) mass is 551 g/mol. The van der Waals surface area contributed by atoms with Crippen molar-refractivity contribution < 1.29 is 24.5 Å². The standard InChI is InChI=1S/C30H34ClN3O5/c31-23-3-1-2-21(17-4-5-17)25(23)28(36)34-24-14-20(27(35)33-15-30(16-33)12-13-39-30)10-11-22(24)26(32-34)18-6-8-19(9-7-18)29(37)38/h1-3,6,17,19-20,29,37-38H,4-5,7-16H2. The molecule has 2 aromatic rings. The van der Waals surface area contributed by atoms with E-state index in [-0.39, 0.29) is 29.3 Å². The van der Waals surface area contributed by atoms with E-state index in [4.69, 9.17) is 21.4 Å². The van der Waals surface area contributed by atoms with E-state index in [0.717, 1.165) is 54.0 Å². The fraction of sp³-hybridized carbons (Fsp3) is 0.567. The molecule has 2 N–H and O–H groups in total. The van der Waals surface area contributed by atoms with Crippen LogP contribution in [-0.2, 0) is 22.4 Å². The van der Waals surface area contributed by atoms with Crippen LogP contribution < -0.4 is 0 Å². The molecule has 1 aromatic heterocycles. The van der Waals surface area contributed by atoms with Crippen LogP contribution in [0.2, 0.25) is 5.02 Å². The van der Waals surface area contributed by atoms with Gasteiger partial charge in [0.05, 0.1) is 41.7 Å². The van der Waals surface area contributed by atoms with E-state index in [1.54, 1.807) is 6.07 Å². The second kappa shape index (κ2) is 9.54. The number of carbonyl (C=O) groups excluding carboxylic acids is 2. The van der Waals surface area contributed by atoms with Crippen molar-refractivity contribution in [2.45, 2.75) is 75.6 Å². The highest BCUT2D eigenvalue weighted by molar-refractivity contribution is 6.34. The van der Waals surface area contributed by atoms with Crippen molar-refractivity contribution in [1.29, 1.82) is 0 Å². The van der Waals surface area contributed by atoms with Crippen LogP contribution in [0.5, 0.6) is 0 Å². The summed E-state index contributed by atoms with van der Waals surface area (Å²) in [4.78, 5) is 29.5. The lowest BCUT2D eigenvalue weighted by Gasteiger charge is -2.55. The predicted octanol–water partition coefficient (Wildman–Crippen LogP) is 3.70. The summed E-state index contributed by atoms with van der Waals surface area (Å²) in [6.07, 6.45) is 7.52. The first-order chi connectivity index (χ1) is 18.8. The molecule has 2 aliphatic heterocycles. The largest absolute Gasteiger partial charge is 0.371 e. The number of allylic oxidation sites excluding steroid dienone is 2. The number of likely N-dealkylation sites (tertiary alicyclic amines) is 1. The van der Waals surface area contributed by atoms with Crippen LogP contribution in [0.3, 0.4) is 0 Å².